The van der Waals surface area contributed by atoms with E-state index >= 15 is 0 Å². The molecule has 7 heteroatoms. The number of hydrogen-bond donors (Lipinski definition) is 2. The number of anilines is 1. The van der Waals surface area contributed by atoms with Gasteiger partial charge in [-0.3, -0.25) is 19.7 Å². The molecule has 2 N–H and O–H groups in total. The number of benzene rings is 2. The van der Waals surface area contributed by atoms with Crippen molar-refractivity contribution in [1.29, 1.82) is 0 Å². The third kappa shape index (κ3) is 4.92. The van der Waals surface area contributed by atoms with Gasteiger partial charge < -0.3 is 10.6 Å². The van der Waals surface area contributed by atoms with Crippen LogP contribution in [-0.2, 0) is 16.0 Å². The summed E-state index contributed by atoms with van der Waals surface area (Å²) in [6.07, 6.45) is -0.157. The maximum absolute atomic E-state index is 11.8. The van der Waals surface area contributed by atoms with E-state index in [0.29, 0.717) is 11.3 Å². The number of carbonyl (C=O) groups excluding carboxylic acids is 2. The summed E-state index contributed by atoms with van der Waals surface area (Å²) in [5.41, 5.74) is 0.820. The zero-order valence-corrected chi connectivity index (χ0v) is 12.2. The van der Waals surface area contributed by atoms with Crippen LogP contribution in [0.2, 0.25) is 0 Å². The molecule has 0 aliphatic heterocycles. The molecule has 0 spiro atoms. The molecule has 0 heterocycles. The summed E-state index contributed by atoms with van der Waals surface area (Å²) in [7, 11) is 0. The molecule has 0 atom stereocenters. The molecule has 2 rings (SSSR count). The lowest BCUT2D eigenvalue weighted by Gasteiger charge is -2.07. The molecular weight excluding hydrogens is 298 g/mol. The van der Waals surface area contributed by atoms with Crippen LogP contribution < -0.4 is 10.6 Å². The highest BCUT2D eigenvalue weighted by atomic mass is 16.6. The number of hydrogen-bond acceptors (Lipinski definition) is 4. The smallest absolute Gasteiger partial charge is 0.273 e. The molecule has 0 fully saturated rings. The highest BCUT2D eigenvalue weighted by Crippen LogP contribution is 2.17. The summed E-state index contributed by atoms with van der Waals surface area (Å²) in [6.45, 7) is -0.200. The van der Waals surface area contributed by atoms with Gasteiger partial charge in [-0.1, -0.05) is 36.4 Å². The van der Waals surface area contributed by atoms with Crippen molar-refractivity contribution < 1.29 is 14.5 Å². The normalized spacial score (nSPS) is 9.91. The fourth-order valence-corrected chi connectivity index (χ4v) is 1.98. The molecule has 0 saturated carbocycles. The van der Waals surface area contributed by atoms with Gasteiger partial charge in [-0.2, -0.15) is 0 Å². The van der Waals surface area contributed by atoms with Gasteiger partial charge in [-0.25, -0.2) is 0 Å². The van der Waals surface area contributed by atoms with Crippen molar-refractivity contribution in [2.45, 2.75) is 6.42 Å². The quantitative estimate of drug-likeness (QED) is 0.628. The maximum atomic E-state index is 11.8. The highest BCUT2D eigenvalue weighted by Gasteiger charge is 2.15. The second kappa shape index (κ2) is 7.69. The average molecular weight is 313 g/mol. The molecule has 0 aliphatic rings. The Labute approximate surface area is 132 Å². The number of carbonyl (C=O) groups is 2. The van der Waals surface area contributed by atoms with E-state index in [-0.39, 0.29) is 24.6 Å². The fourth-order valence-electron chi connectivity index (χ4n) is 1.98. The Hall–Kier alpha value is -3.22. The van der Waals surface area contributed by atoms with Crippen molar-refractivity contribution in [2.24, 2.45) is 0 Å². The number of amides is 2. The second-order valence-electron chi connectivity index (χ2n) is 4.75. The predicted molar refractivity (Wildman–Crippen MR) is 84.9 cm³/mol. The van der Waals surface area contributed by atoms with E-state index in [4.69, 9.17) is 0 Å². The van der Waals surface area contributed by atoms with Crippen LogP contribution in [0.25, 0.3) is 0 Å². The van der Waals surface area contributed by atoms with E-state index in [1.807, 2.05) is 6.07 Å². The van der Waals surface area contributed by atoms with Crippen molar-refractivity contribution >= 4 is 23.2 Å². The summed E-state index contributed by atoms with van der Waals surface area (Å²) >= 11 is 0. The summed E-state index contributed by atoms with van der Waals surface area (Å²) in [5, 5.41) is 16.0. The zero-order chi connectivity index (χ0) is 16.7. The van der Waals surface area contributed by atoms with Crippen LogP contribution in [0, 0.1) is 10.1 Å². The molecular formula is C16H15N3O4. The summed E-state index contributed by atoms with van der Waals surface area (Å²) < 4.78 is 0. The van der Waals surface area contributed by atoms with Gasteiger partial charge >= 0.3 is 0 Å². The number of nitro benzene ring substituents is 1. The molecule has 0 aromatic heterocycles. The van der Waals surface area contributed by atoms with E-state index < -0.39 is 10.8 Å². The van der Waals surface area contributed by atoms with Gasteiger partial charge in [0.25, 0.3) is 5.69 Å². The minimum Gasteiger partial charge on any atom is -0.347 e. The SMILES string of the molecule is O=C(Cc1ccccc1[N+](=O)[O-])NCC(=O)Nc1ccccc1. The molecule has 0 unspecified atom stereocenters. The molecule has 2 aromatic carbocycles. The van der Waals surface area contributed by atoms with Crippen LogP contribution in [0.5, 0.6) is 0 Å². The Kier molecular flexibility index (Phi) is 5.40. The van der Waals surface area contributed by atoms with Gasteiger partial charge in [-0.15, -0.1) is 0 Å². The van der Waals surface area contributed by atoms with E-state index in [1.165, 1.54) is 18.2 Å². The van der Waals surface area contributed by atoms with Gasteiger partial charge in [0.15, 0.2) is 0 Å². The zero-order valence-electron chi connectivity index (χ0n) is 12.2. The lowest BCUT2D eigenvalue weighted by Crippen LogP contribution is -2.33. The Balaban J connectivity index is 1.86. The topological polar surface area (TPSA) is 101 Å². The van der Waals surface area contributed by atoms with Crippen molar-refractivity contribution in [1.82, 2.24) is 5.32 Å². The van der Waals surface area contributed by atoms with Crippen LogP contribution in [-0.4, -0.2) is 23.3 Å². The monoisotopic (exact) mass is 313 g/mol. The first kappa shape index (κ1) is 16.2. The molecule has 2 aromatic rings. The molecule has 7 nitrogen and oxygen atoms in total. The van der Waals surface area contributed by atoms with E-state index in [9.17, 15) is 19.7 Å². The van der Waals surface area contributed by atoms with Crippen LogP contribution in [0.1, 0.15) is 5.56 Å². The standard InChI is InChI=1S/C16H15N3O4/c20-15(10-12-6-4-5-9-14(12)19(22)23)17-11-16(21)18-13-7-2-1-3-8-13/h1-9H,10-11H2,(H,17,20)(H,18,21). The van der Waals surface area contributed by atoms with E-state index in [0.717, 1.165) is 0 Å². The van der Waals surface area contributed by atoms with Crippen molar-refractivity contribution in [3.05, 3.63) is 70.3 Å². The average Bonchev–Trinajstić information content (AvgIpc) is 2.54. The van der Waals surface area contributed by atoms with Gasteiger partial charge in [-0.05, 0) is 12.1 Å². The minimum absolute atomic E-state index is 0.114. The summed E-state index contributed by atoms with van der Waals surface area (Å²) in [5.74, 6) is -0.824. The number of nitrogens with zero attached hydrogens (tertiary/aromatic N) is 1. The lowest BCUT2D eigenvalue weighted by atomic mass is 10.1. The molecule has 0 aliphatic carbocycles. The lowest BCUT2D eigenvalue weighted by molar-refractivity contribution is -0.385. The van der Waals surface area contributed by atoms with Gasteiger partial charge in [0, 0.05) is 17.3 Å². The Bertz CT molecular complexity index is 716. The second-order valence-corrected chi connectivity index (χ2v) is 4.75. The number of para-hydroxylation sites is 2. The number of nitro groups is 1. The molecule has 23 heavy (non-hydrogen) atoms. The Morgan fingerprint density at radius 3 is 2.30 bits per heavy atom. The van der Waals surface area contributed by atoms with Gasteiger partial charge in [0.05, 0.1) is 17.9 Å². The first-order valence-electron chi connectivity index (χ1n) is 6.90. The Morgan fingerprint density at radius 1 is 0.957 bits per heavy atom. The third-order valence-corrected chi connectivity index (χ3v) is 3.04. The largest absolute Gasteiger partial charge is 0.347 e. The molecule has 0 saturated heterocycles. The van der Waals surface area contributed by atoms with Crippen LogP contribution in [0.4, 0.5) is 11.4 Å². The number of nitrogens with one attached hydrogen (secondary N) is 2. The maximum Gasteiger partial charge on any atom is 0.273 e. The molecule has 2 amide bonds. The van der Waals surface area contributed by atoms with E-state index in [2.05, 4.69) is 10.6 Å². The van der Waals surface area contributed by atoms with Crippen molar-refractivity contribution in [2.75, 3.05) is 11.9 Å². The van der Waals surface area contributed by atoms with Gasteiger partial charge in [0.1, 0.15) is 0 Å². The third-order valence-electron chi connectivity index (χ3n) is 3.04. The minimum atomic E-state index is -0.537. The van der Waals surface area contributed by atoms with E-state index in [1.54, 1.807) is 30.3 Å². The first-order valence-corrected chi connectivity index (χ1v) is 6.90. The van der Waals surface area contributed by atoms with Crippen LogP contribution in [0.3, 0.4) is 0 Å². The Morgan fingerprint density at radius 2 is 1.61 bits per heavy atom. The fraction of sp³-hybridized carbons (Fsp3) is 0.125. The summed E-state index contributed by atoms with van der Waals surface area (Å²) in [6, 6.07) is 14.9. The predicted octanol–water partition coefficient (Wildman–Crippen LogP) is 1.89. The number of rotatable bonds is 6. The first-order chi connectivity index (χ1) is 11.1. The molecule has 0 radical (unpaired) electrons. The van der Waals surface area contributed by atoms with Gasteiger partial charge in [0.2, 0.25) is 11.8 Å². The van der Waals surface area contributed by atoms with Crippen molar-refractivity contribution in [3.63, 3.8) is 0 Å². The van der Waals surface area contributed by atoms with Crippen molar-refractivity contribution in [3.8, 4) is 0 Å². The van der Waals surface area contributed by atoms with Crippen LogP contribution >= 0.6 is 0 Å². The summed E-state index contributed by atoms with van der Waals surface area (Å²) in [4.78, 5) is 33.9. The molecule has 0 bridgehead atoms. The molecule has 118 valence electrons. The highest BCUT2D eigenvalue weighted by molar-refractivity contribution is 5.94. The van der Waals surface area contributed by atoms with Crippen LogP contribution in [0.15, 0.2) is 54.6 Å².